The molecule has 1 N–H and O–H groups in total. The molecule has 3 saturated heterocycles. The summed E-state index contributed by atoms with van der Waals surface area (Å²) >= 11 is 0. The van der Waals surface area contributed by atoms with Crippen LogP contribution in [0, 0.1) is 35.5 Å². The summed E-state index contributed by atoms with van der Waals surface area (Å²) in [6, 6.07) is 0. The van der Waals surface area contributed by atoms with Crippen LogP contribution in [-0.2, 0) is 47.9 Å². The van der Waals surface area contributed by atoms with Gasteiger partial charge in [-0.2, -0.15) is 0 Å². The highest BCUT2D eigenvalue weighted by Gasteiger charge is 2.46. The minimum absolute atomic E-state index is 0.101. The molecule has 0 bridgehead atoms. The maximum atomic E-state index is 11.0. The Balaban J connectivity index is 0.000000186. The number of hydrogen-bond donors (Lipinski definition) is 1. The summed E-state index contributed by atoms with van der Waals surface area (Å²) in [5.41, 5.74) is 0. The molecule has 0 aromatic heterocycles. The SMILES string of the molecule is CC.CCOO.O=C1OC(=O)C2CCCCC12.O=C1OC(=O)C2CCCCC12.O=C1OC(=O)C2CCCCC12. The van der Waals surface area contributed by atoms with E-state index in [1.165, 1.54) is 0 Å². The van der Waals surface area contributed by atoms with Gasteiger partial charge in [0.15, 0.2) is 0 Å². The summed E-state index contributed by atoms with van der Waals surface area (Å²) in [6.07, 6.45) is 11.4. The lowest BCUT2D eigenvalue weighted by molar-refractivity contribution is -0.237. The smallest absolute Gasteiger partial charge is 0.317 e. The van der Waals surface area contributed by atoms with Gasteiger partial charge in [0, 0.05) is 0 Å². The predicted molar refractivity (Wildman–Crippen MR) is 135 cm³/mol. The third-order valence-electron chi connectivity index (χ3n) is 7.85. The average molecular weight is 555 g/mol. The first-order valence-corrected chi connectivity index (χ1v) is 14.3. The van der Waals surface area contributed by atoms with Crippen LogP contribution in [0.5, 0.6) is 0 Å². The zero-order valence-corrected chi connectivity index (χ0v) is 23.2. The largest absolute Gasteiger partial charge is 0.393 e. The molecule has 0 amide bonds. The molecule has 3 heterocycles. The molecular formula is C28H42O11. The second-order valence-corrected chi connectivity index (χ2v) is 10.1. The predicted octanol–water partition coefficient (Wildman–Crippen LogP) is 4.15. The Labute approximate surface area is 229 Å². The first-order valence-electron chi connectivity index (χ1n) is 14.3. The van der Waals surface area contributed by atoms with E-state index in [1.807, 2.05) is 13.8 Å². The molecule has 6 fully saturated rings. The van der Waals surface area contributed by atoms with Crippen molar-refractivity contribution in [1.29, 1.82) is 0 Å². The standard InChI is InChI=1S/3C8H10O3.C2H6O2.C2H6/c3*9-7-5-3-1-2-4-6(5)8(10)11-7;1-2-4-3;1-2/h3*5-6H,1-4H2;3H,2H2,1H3;1-2H3. The van der Waals surface area contributed by atoms with Crippen molar-refractivity contribution in [3.8, 4) is 0 Å². The Hall–Kier alpha value is -2.66. The lowest BCUT2D eigenvalue weighted by Crippen LogP contribution is -2.21. The fourth-order valence-corrected chi connectivity index (χ4v) is 5.84. The molecule has 0 aromatic carbocycles. The number of fused-ring (bicyclic) bond motifs is 3. The van der Waals surface area contributed by atoms with Crippen LogP contribution in [0.4, 0.5) is 0 Å². The van der Waals surface area contributed by atoms with Crippen molar-refractivity contribution in [2.45, 2.75) is 97.8 Å². The van der Waals surface area contributed by atoms with E-state index in [2.05, 4.69) is 19.1 Å². The second kappa shape index (κ2) is 16.4. The topological polar surface area (TPSA) is 160 Å². The van der Waals surface area contributed by atoms with Gasteiger partial charge in [-0.05, 0) is 45.4 Å². The highest BCUT2D eigenvalue weighted by molar-refractivity contribution is 5.97. The lowest BCUT2D eigenvalue weighted by atomic mass is 9.81. The summed E-state index contributed by atoms with van der Waals surface area (Å²) in [7, 11) is 0. The Morgan fingerprint density at radius 1 is 0.513 bits per heavy atom. The highest BCUT2D eigenvalue weighted by atomic mass is 17.1. The van der Waals surface area contributed by atoms with Gasteiger partial charge in [0.2, 0.25) is 0 Å². The van der Waals surface area contributed by atoms with Gasteiger partial charge < -0.3 is 14.2 Å². The van der Waals surface area contributed by atoms with Crippen LogP contribution in [0.1, 0.15) is 97.8 Å². The van der Waals surface area contributed by atoms with Crippen molar-refractivity contribution in [3.63, 3.8) is 0 Å². The molecule has 3 saturated carbocycles. The van der Waals surface area contributed by atoms with Gasteiger partial charge in [-0.15, -0.1) is 0 Å². The molecule has 0 radical (unpaired) electrons. The van der Waals surface area contributed by atoms with Gasteiger partial charge in [-0.3, -0.25) is 34.0 Å². The molecule has 3 aliphatic heterocycles. The van der Waals surface area contributed by atoms with Gasteiger partial charge >= 0.3 is 35.8 Å². The minimum atomic E-state index is -0.292. The summed E-state index contributed by atoms with van der Waals surface area (Å²) in [5, 5.41) is 7.38. The fraction of sp³-hybridized carbons (Fsp3) is 0.786. The van der Waals surface area contributed by atoms with E-state index >= 15 is 0 Å². The first-order chi connectivity index (χ1) is 18.8. The molecule has 6 aliphatic rings. The molecule has 11 heteroatoms. The Kier molecular flexibility index (Phi) is 13.7. The van der Waals surface area contributed by atoms with E-state index in [-0.39, 0.29) is 71.3 Å². The Morgan fingerprint density at radius 3 is 0.795 bits per heavy atom. The molecule has 0 spiro atoms. The maximum Gasteiger partial charge on any atom is 0.317 e. The van der Waals surface area contributed by atoms with E-state index in [4.69, 9.17) is 5.26 Å². The van der Waals surface area contributed by atoms with Gasteiger partial charge in [0.25, 0.3) is 0 Å². The van der Waals surface area contributed by atoms with Crippen LogP contribution in [-0.4, -0.2) is 47.7 Å². The number of carbonyl (C=O) groups excluding carboxylic acids is 6. The van der Waals surface area contributed by atoms with Crippen LogP contribution < -0.4 is 0 Å². The van der Waals surface area contributed by atoms with Crippen LogP contribution >= 0.6 is 0 Å². The molecule has 6 atom stereocenters. The quantitative estimate of drug-likeness (QED) is 0.163. The molecule has 6 rings (SSSR count). The van der Waals surface area contributed by atoms with Crippen molar-refractivity contribution in [2.24, 2.45) is 35.5 Å². The van der Waals surface area contributed by atoms with Crippen LogP contribution in [0.3, 0.4) is 0 Å². The zero-order chi connectivity index (χ0) is 28.9. The molecule has 11 nitrogen and oxygen atoms in total. The van der Waals surface area contributed by atoms with Crippen molar-refractivity contribution in [3.05, 3.63) is 0 Å². The minimum Gasteiger partial charge on any atom is -0.393 e. The fourth-order valence-electron chi connectivity index (χ4n) is 5.84. The van der Waals surface area contributed by atoms with E-state index in [0.29, 0.717) is 6.61 Å². The average Bonchev–Trinajstić information content (AvgIpc) is 3.55. The number of cyclic esters (lactones) is 6. The molecule has 220 valence electrons. The Bertz CT molecular complexity index is 705. The third-order valence-corrected chi connectivity index (χ3v) is 7.85. The van der Waals surface area contributed by atoms with Crippen LogP contribution in [0.15, 0.2) is 0 Å². The number of esters is 6. The van der Waals surface area contributed by atoms with Crippen molar-refractivity contribution < 1.29 is 53.1 Å². The zero-order valence-electron chi connectivity index (χ0n) is 23.2. The van der Waals surface area contributed by atoms with E-state index in [0.717, 1.165) is 77.0 Å². The monoisotopic (exact) mass is 554 g/mol. The summed E-state index contributed by atoms with van der Waals surface area (Å²) in [5.74, 6) is -2.36. The second-order valence-electron chi connectivity index (χ2n) is 10.1. The number of ether oxygens (including phenoxy) is 3. The van der Waals surface area contributed by atoms with Crippen LogP contribution in [0.2, 0.25) is 0 Å². The van der Waals surface area contributed by atoms with Crippen molar-refractivity contribution in [1.82, 2.24) is 0 Å². The number of carbonyl (C=O) groups is 6. The van der Waals surface area contributed by atoms with E-state index in [9.17, 15) is 28.8 Å². The molecule has 3 aliphatic carbocycles. The van der Waals surface area contributed by atoms with Gasteiger partial charge in [-0.25, -0.2) is 4.89 Å². The number of hydrogen-bond acceptors (Lipinski definition) is 11. The third kappa shape index (κ3) is 8.66. The van der Waals surface area contributed by atoms with Crippen molar-refractivity contribution in [2.75, 3.05) is 6.61 Å². The molecular weight excluding hydrogens is 512 g/mol. The summed E-state index contributed by atoms with van der Waals surface area (Å²) in [6.45, 7) is 6.08. The van der Waals surface area contributed by atoms with Crippen LogP contribution in [0.25, 0.3) is 0 Å². The Morgan fingerprint density at radius 2 is 0.667 bits per heavy atom. The van der Waals surface area contributed by atoms with Gasteiger partial charge in [0.1, 0.15) is 0 Å². The van der Waals surface area contributed by atoms with Gasteiger partial charge in [-0.1, -0.05) is 52.4 Å². The van der Waals surface area contributed by atoms with E-state index in [1.54, 1.807) is 6.92 Å². The van der Waals surface area contributed by atoms with Crippen molar-refractivity contribution >= 4 is 35.8 Å². The van der Waals surface area contributed by atoms with Gasteiger partial charge in [0.05, 0.1) is 42.1 Å². The lowest BCUT2D eigenvalue weighted by Gasteiger charge is -2.18. The molecule has 0 aromatic rings. The first kappa shape index (κ1) is 32.6. The number of rotatable bonds is 1. The highest BCUT2D eigenvalue weighted by Crippen LogP contribution is 2.38. The summed E-state index contributed by atoms with van der Waals surface area (Å²) < 4.78 is 13.6. The molecule has 6 unspecified atom stereocenters. The normalized spacial score (nSPS) is 32.0. The maximum absolute atomic E-state index is 11.0. The molecule has 39 heavy (non-hydrogen) atoms. The summed E-state index contributed by atoms with van der Waals surface area (Å²) in [4.78, 5) is 69.4. The van der Waals surface area contributed by atoms with E-state index < -0.39 is 0 Å².